The predicted molar refractivity (Wildman–Crippen MR) is 72.6 cm³/mol. The van der Waals surface area contributed by atoms with E-state index in [0.29, 0.717) is 0 Å². The Kier molecular flexibility index (Phi) is 3.75. The van der Waals surface area contributed by atoms with Gasteiger partial charge in [0.15, 0.2) is 5.65 Å². The number of nitrogens with one attached hydrogen (secondary N) is 2. The average Bonchev–Trinajstić information content (AvgIpc) is 2.89. The van der Waals surface area contributed by atoms with Crippen LogP contribution in [-0.4, -0.2) is 38.8 Å². The number of aromatic amines is 1. The Balaban J connectivity index is 1.57. The van der Waals surface area contributed by atoms with Gasteiger partial charge < -0.3 is 10.3 Å². The zero-order valence-corrected chi connectivity index (χ0v) is 11.0. The molecule has 1 atom stereocenters. The molecule has 1 aliphatic heterocycles. The fraction of sp³-hybridized carbons (Fsp3) is 0.583. The molecular weight excluding hydrogens is 246 g/mol. The summed E-state index contributed by atoms with van der Waals surface area (Å²) in [5, 5.41) is 4.47. The van der Waals surface area contributed by atoms with Crippen LogP contribution in [0.1, 0.15) is 19.3 Å². The van der Waals surface area contributed by atoms with Crippen molar-refractivity contribution in [1.29, 1.82) is 0 Å². The van der Waals surface area contributed by atoms with Gasteiger partial charge in [-0.15, -0.1) is 11.8 Å². The lowest BCUT2D eigenvalue weighted by Crippen LogP contribution is -2.29. The number of rotatable bonds is 4. The maximum absolute atomic E-state index is 4.33. The zero-order chi connectivity index (χ0) is 12.2. The Bertz CT molecular complexity index is 506. The first-order valence-electron chi connectivity index (χ1n) is 6.41. The van der Waals surface area contributed by atoms with Gasteiger partial charge in [0.05, 0.1) is 6.33 Å². The normalized spacial score (nSPS) is 20.3. The molecule has 1 saturated heterocycles. The maximum atomic E-state index is 4.33. The summed E-state index contributed by atoms with van der Waals surface area (Å²) in [5.41, 5.74) is 1.72. The van der Waals surface area contributed by atoms with Gasteiger partial charge in [-0.2, -0.15) is 0 Å². The standard InChI is InChI=1S/C12H17N5S/c1-2-9(6-13-4-1)3-5-18-12-10-11(15-7-14-10)16-8-17-12/h7-9,13H,1-6H2,(H,14,15,16,17). The molecule has 0 aromatic carbocycles. The van der Waals surface area contributed by atoms with Crippen LogP contribution in [0.3, 0.4) is 0 Å². The molecule has 0 radical (unpaired) electrons. The number of imidazole rings is 1. The first-order valence-corrected chi connectivity index (χ1v) is 7.39. The highest BCUT2D eigenvalue weighted by atomic mass is 32.2. The van der Waals surface area contributed by atoms with Crippen LogP contribution in [-0.2, 0) is 0 Å². The Morgan fingerprint density at radius 1 is 1.33 bits per heavy atom. The van der Waals surface area contributed by atoms with E-state index in [9.17, 15) is 0 Å². The second-order valence-electron chi connectivity index (χ2n) is 4.63. The maximum Gasteiger partial charge on any atom is 0.181 e. The van der Waals surface area contributed by atoms with Crippen LogP contribution < -0.4 is 5.32 Å². The molecule has 2 N–H and O–H groups in total. The second-order valence-corrected chi connectivity index (χ2v) is 5.71. The first-order chi connectivity index (χ1) is 8.93. The number of fused-ring (bicyclic) bond motifs is 1. The van der Waals surface area contributed by atoms with Crippen LogP contribution in [0.4, 0.5) is 0 Å². The molecule has 1 aliphatic rings. The van der Waals surface area contributed by atoms with E-state index in [-0.39, 0.29) is 0 Å². The zero-order valence-electron chi connectivity index (χ0n) is 10.2. The summed E-state index contributed by atoms with van der Waals surface area (Å²) in [6.45, 7) is 2.36. The lowest BCUT2D eigenvalue weighted by atomic mass is 9.97. The van der Waals surface area contributed by atoms with E-state index in [4.69, 9.17) is 0 Å². The molecule has 2 aromatic heterocycles. The minimum atomic E-state index is 0.756. The Morgan fingerprint density at radius 2 is 2.33 bits per heavy atom. The van der Waals surface area contributed by atoms with Crippen molar-refractivity contribution in [3.8, 4) is 0 Å². The monoisotopic (exact) mass is 263 g/mol. The van der Waals surface area contributed by atoms with Gasteiger partial charge in [0.2, 0.25) is 0 Å². The Hall–Kier alpha value is -1.14. The highest BCUT2D eigenvalue weighted by Crippen LogP contribution is 2.25. The summed E-state index contributed by atoms with van der Waals surface area (Å²) in [6.07, 6.45) is 7.18. The third-order valence-corrected chi connectivity index (χ3v) is 4.37. The summed E-state index contributed by atoms with van der Waals surface area (Å²) >= 11 is 1.80. The molecule has 0 bridgehead atoms. The molecule has 0 aliphatic carbocycles. The third kappa shape index (κ3) is 2.64. The molecule has 18 heavy (non-hydrogen) atoms. The SMILES string of the molecule is c1nc(SCCC2CCCNC2)c2[nH]cnc2n1. The Labute approximate surface area is 110 Å². The van der Waals surface area contributed by atoms with Gasteiger partial charge in [-0.25, -0.2) is 15.0 Å². The molecule has 2 aromatic rings. The minimum absolute atomic E-state index is 0.756. The molecule has 1 unspecified atom stereocenters. The van der Waals surface area contributed by atoms with E-state index in [1.807, 2.05) is 0 Å². The van der Waals surface area contributed by atoms with Crippen molar-refractivity contribution >= 4 is 22.9 Å². The number of H-pyrrole nitrogens is 1. The quantitative estimate of drug-likeness (QED) is 0.651. The number of aromatic nitrogens is 4. The molecule has 0 spiro atoms. The van der Waals surface area contributed by atoms with Gasteiger partial charge >= 0.3 is 0 Å². The number of nitrogens with zero attached hydrogens (tertiary/aromatic N) is 3. The topological polar surface area (TPSA) is 66.5 Å². The van der Waals surface area contributed by atoms with Crippen LogP contribution in [0.2, 0.25) is 0 Å². The number of hydrogen-bond acceptors (Lipinski definition) is 5. The van der Waals surface area contributed by atoms with Crippen molar-refractivity contribution < 1.29 is 0 Å². The van der Waals surface area contributed by atoms with Crippen LogP contribution in [0, 0.1) is 5.92 Å². The summed E-state index contributed by atoms with van der Waals surface area (Å²) < 4.78 is 0. The molecule has 0 saturated carbocycles. The summed E-state index contributed by atoms with van der Waals surface area (Å²) in [5.74, 6) is 1.93. The third-order valence-electron chi connectivity index (χ3n) is 3.35. The van der Waals surface area contributed by atoms with E-state index in [1.165, 1.54) is 32.4 Å². The van der Waals surface area contributed by atoms with Crippen LogP contribution in [0.25, 0.3) is 11.2 Å². The van der Waals surface area contributed by atoms with Crippen LogP contribution in [0.5, 0.6) is 0 Å². The Morgan fingerprint density at radius 3 is 3.22 bits per heavy atom. The van der Waals surface area contributed by atoms with E-state index < -0.39 is 0 Å². The van der Waals surface area contributed by atoms with Gasteiger partial charge in [0.1, 0.15) is 16.9 Å². The van der Waals surface area contributed by atoms with Crippen molar-refractivity contribution in [1.82, 2.24) is 25.3 Å². The molecular formula is C12H17N5S. The van der Waals surface area contributed by atoms with Gasteiger partial charge in [-0.05, 0) is 44.0 Å². The predicted octanol–water partition coefficient (Wildman–Crippen LogP) is 1.83. The van der Waals surface area contributed by atoms with Crippen LogP contribution in [0.15, 0.2) is 17.7 Å². The van der Waals surface area contributed by atoms with Gasteiger partial charge in [0.25, 0.3) is 0 Å². The van der Waals surface area contributed by atoms with E-state index >= 15 is 0 Å². The minimum Gasteiger partial charge on any atom is -0.341 e. The van der Waals surface area contributed by atoms with E-state index in [0.717, 1.165) is 27.9 Å². The largest absolute Gasteiger partial charge is 0.341 e. The van der Waals surface area contributed by atoms with Gasteiger partial charge in [-0.3, -0.25) is 0 Å². The van der Waals surface area contributed by atoms with E-state index in [2.05, 4.69) is 25.3 Å². The highest BCUT2D eigenvalue weighted by Gasteiger charge is 2.13. The molecule has 96 valence electrons. The molecule has 0 amide bonds. The fourth-order valence-corrected chi connectivity index (χ4v) is 3.41. The smallest absolute Gasteiger partial charge is 0.181 e. The molecule has 5 nitrogen and oxygen atoms in total. The van der Waals surface area contributed by atoms with Crippen molar-refractivity contribution in [3.05, 3.63) is 12.7 Å². The number of piperidine rings is 1. The first kappa shape index (κ1) is 11.9. The average molecular weight is 263 g/mol. The molecule has 3 heterocycles. The van der Waals surface area contributed by atoms with Crippen molar-refractivity contribution in [2.75, 3.05) is 18.8 Å². The summed E-state index contributed by atoms with van der Waals surface area (Å²) in [4.78, 5) is 15.7. The lowest BCUT2D eigenvalue weighted by molar-refractivity contribution is 0.371. The summed E-state index contributed by atoms with van der Waals surface area (Å²) in [6, 6.07) is 0. The lowest BCUT2D eigenvalue weighted by Gasteiger charge is -2.22. The molecule has 1 fully saturated rings. The van der Waals surface area contributed by atoms with Crippen LogP contribution >= 0.6 is 11.8 Å². The van der Waals surface area contributed by atoms with Crippen molar-refractivity contribution in [2.45, 2.75) is 24.3 Å². The fourth-order valence-electron chi connectivity index (χ4n) is 2.34. The number of thioether (sulfide) groups is 1. The van der Waals surface area contributed by atoms with Crippen molar-refractivity contribution in [3.63, 3.8) is 0 Å². The summed E-state index contributed by atoms with van der Waals surface area (Å²) in [7, 11) is 0. The number of hydrogen-bond donors (Lipinski definition) is 2. The highest BCUT2D eigenvalue weighted by molar-refractivity contribution is 7.99. The second kappa shape index (κ2) is 5.67. The van der Waals surface area contributed by atoms with Gasteiger partial charge in [-0.1, -0.05) is 0 Å². The van der Waals surface area contributed by atoms with Gasteiger partial charge in [0, 0.05) is 0 Å². The molecule has 6 heteroatoms. The van der Waals surface area contributed by atoms with Crippen molar-refractivity contribution in [2.24, 2.45) is 5.92 Å². The van der Waals surface area contributed by atoms with E-state index in [1.54, 1.807) is 24.4 Å². The molecule has 3 rings (SSSR count).